The molecule has 34 heavy (non-hydrogen) atoms. The van der Waals surface area contributed by atoms with Crippen LogP contribution in [-0.4, -0.2) is 56.9 Å². The number of hydrogen-bond acceptors (Lipinski definition) is 8. The molecule has 2 aromatic heterocycles. The van der Waals surface area contributed by atoms with Gasteiger partial charge in [-0.1, -0.05) is 18.2 Å². The molecule has 1 fully saturated rings. The largest absolute Gasteiger partial charge is 0.465 e. The number of likely N-dealkylation sites (tertiary alicyclic amines) is 1. The molecule has 4 heterocycles. The third-order valence-electron chi connectivity index (χ3n) is 5.69. The lowest BCUT2D eigenvalue weighted by molar-refractivity contribution is -0.125. The van der Waals surface area contributed by atoms with Crippen LogP contribution in [0, 0.1) is 5.92 Å². The number of para-hydroxylation sites is 1. The van der Waals surface area contributed by atoms with Crippen molar-refractivity contribution in [3.63, 3.8) is 0 Å². The van der Waals surface area contributed by atoms with Crippen LogP contribution in [0.2, 0.25) is 0 Å². The fourth-order valence-electron chi connectivity index (χ4n) is 4.19. The van der Waals surface area contributed by atoms with Gasteiger partial charge in [-0.05, 0) is 24.3 Å². The third-order valence-corrected chi connectivity index (χ3v) is 6.46. The zero-order chi connectivity index (χ0) is 23.7. The zero-order valence-electron chi connectivity index (χ0n) is 17.8. The number of pyridine rings is 1. The van der Waals surface area contributed by atoms with Crippen LogP contribution in [0.4, 0.5) is 16.3 Å². The molecule has 3 aromatic rings. The molecule has 2 amide bonds. The molecule has 2 unspecified atom stereocenters. The third kappa shape index (κ3) is 4.20. The van der Waals surface area contributed by atoms with Crippen molar-refractivity contribution in [2.45, 2.75) is 6.04 Å². The lowest BCUT2D eigenvalue weighted by Gasteiger charge is -2.33. The van der Waals surface area contributed by atoms with Gasteiger partial charge in [-0.15, -0.1) is 11.3 Å². The van der Waals surface area contributed by atoms with Gasteiger partial charge in [-0.2, -0.15) is 0 Å². The number of benzene rings is 1. The summed E-state index contributed by atoms with van der Waals surface area (Å²) in [6, 6.07) is 12.5. The molecule has 10 nitrogen and oxygen atoms in total. The first kappa shape index (κ1) is 21.6. The molecule has 11 heteroatoms. The van der Waals surface area contributed by atoms with E-state index in [1.165, 1.54) is 17.5 Å². The van der Waals surface area contributed by atoms with E-state index < -0.39 is 18.1 Å². The molecular weight excluding hydrogens is 456 g/mol. The van der Waals surface area contributed by atoms with Crippen molar-refractivity contribution >= 4 is 46.3 Å². The number of carbonyl (C=O) groups is 3. The molecule has 1 saturated heterocycles. The number of rotatable bonds is 5. The smallest absolute Gasteiger partial charge is 0.407 e. The van der Waals surface area contributed by atoms with Gasteiger partial charge in [-0.25, -0.2) is 9.78 Å². The Morgan fingerprint density at radius 1 is 1.21 bits per heavy atom. The SMILES string of the molecule is O=C(Nc1cc(C2=C(Nc3ccccc3)C3C(=O)CN(C(=O)O)CC3N2)ccn1)c1cncs1. The molecule has 2 aliphatic heterocycles. The number of nitrogens with one attached hydrogen (secondary N) is 3. The molecule has 0 bridgehead atoms. The highest BCUT2D eigenvalue weighted by molar-refractivity contribution is 7.11. The van der Waals surface area contributed by atoms with E-state index in [4.69, 9.17) is 0 Å². The molecule has 5 rings (SSSR count). The molecule has 2 aliphatic rings. The van der Waals surface area contributed by atoms with Crippen LogP contribution < -0.4 is 16.0 Å². The van der Waals surface area contributed by atoms with Crippen LogP contribution in [0.3, 0.4) is 0 Å². The first-order valence-corrected chi connectivity index (χ1v) is 11.4. The maximum atomic E-state index is 13.0. The number of nitrogens with zero attached hydrogens (tertiary/aromatic N) is 3. The summed E-state index contributed by atoms with van der Waals surface area (Å²) in [5.74, 6) is -0.691. The Balaban J connectivity index is 1.49. The molecule has 4 N–H and O–H groups in total. The minimum Gasteiger partial charge on any atom is -0.465 e. The number of anilines is 2. The van der Waals surface area contributed by atoms with E-state index in [2.05, 4.69) is 25.9 Å². The van der Waals surface area contributed by atoms with E-state index in [-0.39, 0.29) is 24.8 Å². The highest BCUT2D eigenvalue weighted by Gasteiger charge is 2.45. The van der Waals surface area contributed by atoms with E-state index >= 15 is 0 Å². The maximum absolute atomic E-state index is 13.0. The Morgan fingerprint density at radius 2 is 2.03 bits per heavy atom. The van der Waals surface area contributed by atoms with Gasteiger partial charge in [-0.3, -0.25) is 19.5 Å². The van der Waals surface area contributed by atoms with Gasteiger partial charge in [0.25, 0.3) is 5.91 Å². The van der Waals surface area contributed by atoms with Crippen LogP contribution in [0.15, 0.2) is 66.1 Å². The van der Waals surface area contributed by atoms with Gasteiger partial charge < -0.3 is 21.1 Å². The number of piperidine rings is 1. The summed E-state index contributed by atoms with van der Waals surface area (Å²) in [7, 11) is 0. The van der Waals surface area contributed by atoms with E-state index in [0.29, 0.717) is 27.7 Å². The van der Waals surface area contributed by atoms with Gasteiger partial charge in [0, 0.05) is 24.0 Å². The summed E-state index contributed by atoms with van der Waals surface area (Å²) >= 11 is 1.22. The topological polar surface area (TPSA) is 137 Å². The van der Waals surface area contributed by atoms with Gasteiger partial charge in [0.2, 0.25) is 0 Å². The lowest BCUT2D eigenvalue weighted by atomic mass is 9.89. The second kappa shape index (κ2) is 8.94. The second-order valence-electron chi connectivity index (χ2n) is 7.89. The Kier molecular flexibility index (Phi) is 5.68. The summed E-state index contributed by atoms with van der Waals surface area (Å²) < 4.78 is 0. The molecule has 1 aromatic carbocycles. The van der Waals surface area contributed by atoms with Crippen LogP contribution >= 0.6 is 11.3 Å². The number of hydrogen-bond donors (Lipinski definition) is 4. The van der Waals surface area contributed by atoms with E-state index in [1.54, 1.807) is 23.8 Å². The highest BCUT2D eigenvalue weighted by Crippen LogP contribution is 2.36. The van der Waals surface area contributed by atoms with Crippen molar-refractivity contribution < 1.29 is 19.5 Å². The van der Waals surface area contributed by atoms with Crippen molar-refractivity contribution in [3.8, 4) is 0 Å². The van der Waals surface area contributed by atoms with Gasteiger partial charge in [0.15, 0.2) is 5.78 Å². The summed E-state index contributed by atoms with van der Waals surface area (Å²) in [5.41, 5.74) is 4.41. The van der Waals surface area contributed by atoms with Gasteiger partial charge >= 0.3 is 6.09 Å². The first-order chi connectivity index (χ1) is 16.5. The fourth-order valence-corrected chi connectivity index (χ4v) is 4.71. The highest BCUT2D eigenvalue weighted by atomic mass is 32.1. The summed E-state index contributed by atoms with van der Waals surface area (Å²) in [6.07, 6.45) is 1.92. The zero-order valence-corrected chi connectivity index (χ0v) is 18.6. The van der Waals surface area contributed by atoms with E-state index in [9.17, 15) is 19.5 Å². The molecule has 2 atom stereocenters. The van der Waals surface area contributed by atoms with Crippen molar-refractivity contribution in [3.05, 3.63) is 76.5 Å². The number of Topliss-reactive ketones (excluding diaryl/α,β-unsaturated/α-hetero) is 1. The van der Waals surface area contributed by atoms with Gasteiger partial charge in [0.1, 0.15) is 10.7 Å². The predicted octanol–water partition coefficient (Wildman–Crippen LogP) is 2.72. The standard InChI is InChI=1S/C23H20N6O4S/c30-16-11-29(23(32)33)10-15-19(16)21(26-14-4-2-1-3-5-14)20(27-15)13-6-7-25-18(8-13)28-22(31)17-9-24-12-34-17/h1-9,12,15,19,26-27H,10-11H2,(H,32,33)(H,25,28,31). The Bertz CT molecular complexity index is 1280. The first-order valence-electron chi connectivity index (χ1n) is 10.5. The van der Waals surface area contributed by atoms with Crippen LogP contribution in [0.1, 0.15) is 15.2 Å². The minimum atomic E-state index is -1.13. The number of aromatic nitrogens is 2. The van der Waals surface area contributed by atoms with Crippen LogP contribution in [-0.2, 0) is 4.79 Å². The monoisotopic (exact) mass is 476 g/mol. The van der Waals surface area contributed by atoms with Crippen LogP contribution in [0.25, 0.3) is 5.70 Å². The van der Waals surface area contributed by atoms with Crippen molar-refractivity contribution in [2.75, 3.05) is 23.7 Å². The molecular formula is C23H20N6O4S. The number of amides is 2. The average Bonchev–Trinajstić information content (AvgIpc) is 3.49. The van der Waals surface area contributed by atoms with Crippen molar-refractivity contribution in [1.82, 2.24) is 20.2 Å². The fraction of sp³-hybridized carbons (Fsp3) is 0.174. The number of fused-ring (bicyclic) bond motifs is 1. The second-order valence-corrected chi connectivity index (χ2v) is 8.77. The minimum absolute atomic E-state index is 0.169. The summed E-state index contributed by atoms with van der Waals surface area (Å²) in [5, 5.41) is 18.9. The van der Waals surface area contributed by atoms with E-state index in [0.717, 1.165) is 10.6 Å². The lowest BCUT2D eigenvalue weighted by Crippen LogP contribution is -2.54. The molecule has 0 radical (unpaired) electrons. The molecule has 0 spiro atoms. The Morgan fingerprint density at radius 3 is 2.76 bits per heavy atom. The normalized spacial score (nSPS) is 19.4. The Labute approximate surface area is 198 Å². The van der Waals surface area contributed by atoms with E-state index in [1.807, 2.05) is 30.3 Å². The number of carboxylic acid groups (broad SMARTS) is 1. The van der Waals surface area contributed by atoms with Crippen molar-refractivity contribution in [2.24, 2.45) is 5.92 Å². The molecule has 0 saturated carbocycles. The van der Waals surface area contributed by atoms with Crippen molar-refractivity contribution in [1.29, 1.82) is 0 Å². The average molecular weight is 477 g/mol. The maximum Gasteiger partial charge on any atom is 0.407 e. The molecule has 172 valence electrons. The summed E-state index contributed by atoms with van der Waals surface area (Å²) in [4.78, 5) is 46.7. The number of ketones is 1. The summed E-state index contributed by atoms with van der Waals surface area (Å²) in [6.45, 7) is 0.00714. The number of thiazole rings is 1. The quantitative estimate of drug-likeness (QED) is 0.441. The van der Waals surface area contributed by atoms with Gasteiger partial charge in [0.05, 0.1) is 41.6 Å². The van der Waals surface area contributed by atoms with Crippen LogP contribution in [0.5, 0.6) is 0 Å². The Hall–Kier alpha value is -4.25. The number of carbonyl (C=O) groups excluding carboxylic acids is 2. The predicted molar refractivity (Wildman–Crippen MR) is 126 cm³/mol. The molecule has 0 aliphatic carbocycles.